The van der Waals surface area contributed by atoms with Gasteiger partial charge in [-0.1, -0.05) is 18.2 Å². The van der Waals surface area contributed by atoms with E-state index in [9.17, 15) is 9.90 Å². The number of hydrogen-bond donors (Lipinski definition) is 3. The Balaban J connectivity index is 1.53. The van der Waals surface area contributed by atoms with Crippen molar-refractivity contribution in [2.45, 2.75) is 25.4 Å². The number of nitrogens with one attached hydrogen (secondary N) is 2. The normalized spacial score (nSPS) is 21.9. The fraction of sp³-hybridized carbons (Fsp3) is 0.438. The number of carbonyl (C=O) groups is 1. The number of benzene rings is 1. The number of aromatic amines is 1. The molecule has 2 heterocycles. The lowest BCUT2D eigenvalue weighted by Gasteiger charge is -2.19. The Morgan fingerprint density at radius 1 is 1.48 bits per heavy atom. The topological polar surface area (TPSA) is 68.4 Å². The highest BCUT2D eigenvalue weighted by Crippen LogP contribution is 2.20. The zero-order valence-electron chi connectivity index (χ0n) is 12.2. The molecule has 1 aliphatic heterocycles. The lowest BCUT2D eigenvalue weighted by Crippen LogP contribution is -2.41. The van der Waals surface area contributed by atoms with Gasteiger partial charge >= 0.3 is 6.03 Å². The van der Waals surface area contributed by atoms with E-state index in [1.54, 1.807) is 11.8 Å². The molecule has 0 unspecified atom stereocenters. The summed E-state index contributed by atoms with van der Waals surface area (Å²) in [6, 6.07) is 8.06. The second-order valence-electron chi connectivity index (χ2n) is 6.01. The van der Waals surface area contributed by atoms with E-state index in [-0.39, 0.29) is 6.03 Å². The third-order valence-corrected chi connectivity index (χ3v) is 4.08. The molecule has 0 bridgehead atoms. The van der Waals surface area contributed by atoms with Gasteiger partial charge in [-0.15, -0.1) is 0 Å². The number of β-amino-alcohol motifs (C(OH)–C–C–N with tert-alkyl or cyclic N) is 1. The highest BCUT2D eigenvalue weighted by Gasteiger charge is 2.33. The maximum absolute atomic E-state index is 12.0. The Labute approximate surface area is 124 Å². The maximum atomic E-state index is 12.0. The first-order valence-electron chi connectivity index (χ1n) is 7.35. The van der Waals surface area contributed by atoms with Gasteiger partial charge in [-0.25, -0.2) is 4.79 Å². The van der Waals surface area contributed by atoms with E-state index < -0.39 is 5.60 Å². The molecule has 3 rings (SSSR count). The molecular formula is C16H21N3O2. The molecule has 0 radical (unpaired) electrons. The number of urea groups is 1. The van der Waals surface area contributed by atoms with Crippen LogP contribution in [0.15, 0.2) is 30.5 Å². The van der Waals surface area contributed by atoms with Crippen molar-refractivity contribution >= 4 is 16.9 Å². The van der Waals surface area contributed by atoms with E-state index >= 15 is 0 Å². The minimum absolute atomic E-state index is 0.0902. The molecule has 0 saturated carbocycles. The van der Waals surface area contributed by atoms with Crippen LogP contribution >= 0.6 is 0 Å². The molecule has 2 aromatic rings. The van der Waals surface area contributed by atoms with E-state index in [1.807, 2.05) is 24.4 Å². The molecule has 1 aromatic heterocycles. The van der Waals surface area contributed by atoms with Crippen molar-refractivity contribution in [1.29, 1.82) is 0 Å². The van der Waals surface area contributed by atoms with Gasteiger partial charge in [0.05, 0.1) is 12.1 Å². The predicted molar refractivity (Wildman–Crippen MR) is 82.2 cm³/mol. The van der Waals surface area contributed by atoms with Crippen LogP contribution in [0.3, 0.4) is 0 Å². The third kappa shape index (κ3) is 3.03. The molecule has 21 heavy (non-hydrogen) atoms. The highest BCUT2D eigenvalue weighted by molar-refractivity contribution is 5.83. The van der Waals surface area contributed by atoms with Crippen LogP contribution in [0.2, 0.25) is 0 Å². The van der Waals surface area contributed by atoms with Gasteiger partial charge in [-0.3, -0.25) is 0 Å². The quantitative estimate of drug-likeness (QED) is 0.807. The van der Waals surface area contributed by atoms with E-state index in [2.05, 4.69) is 16.4 Å². The fourth-order valence-electron chi connectivity index (χ4n) is 2.87. The molecule has 0 aliphatic carbocycles. The van der Waals surface area contributed by atoms with Crippen LogP contribution in [-0.2, 0) is 6.42 Å². The number of amides is 2. The first-order valence-corrected chi connectivity index (χ1v) is 7.35. The largest absolute Gasteiger partial charge is 0.388 e. The predicted octanol–water partition coefficient (Wildman–Crippen LogP) is 1.88. The van der Waals surface area contributed by atoms with Crippen molar-refractivity contribution in [3.8, 4) is 0 Å². The maximum Gasteiger partial charge on any atom is 0.317 e. The molecule has 5 heteroatoms. The molecule has 2 amide bonds. The van der Waals surface area contributed by atoms with E-state index in [1.165, 1.54) is 10.9 Å². The number of fused-ring (bicyclic) bond motifs is 1. The van der Waals surface area contributed by atoms with E-state index in [0.717, 1.165) is 11.9 Å². The zero-order valence-corrected chi connectivity index (χ0v) is 12.2. The SMILES string of the molecule is C[C@]1(O)CCN(C(=O)NCCc2c[nH]c3ccccc23)C1. The van der Waals surface area contributed by atoms with Crippen molar-refractivity contribution in [2.75, 3.05) is 19.6 Å². The number of carbonyl (C=O) groups excluding carboxylic acids is 1. The summed E-state index contributed by atoms with van der Waals surface area (Å²) in [4.78, 5) is 16.9. The van der Waals surface area contributed by atoms with Gasteiger partial charge in [0.25, 0.3) is 0 Å². The number of aromatic nitrogens is 1. The monoisotopic (exact) mass is 287 g/mol. The van der Waals surface area contributed by atoms with Crippen LogP contribution in [-0.4, -0.2) is 46.3 Å². The molecule has 1 atom stereocenters. The molecule has 1 saturated heterocycles. The summed E-state index contributed by atoms with van der Waals surface area (Å²) >= 11 is 0. The Kier molecular flexibility index (Phi) is 3.59. The molecule has 1 aliphatic rings. The smallest absolute Gasteiger partial charge is 0.317 e. The summed E-state index contributed by atoms with van der Waals surface area (Å²) in [5.41, 5.74) is 1.59. The summed E-state index contributed by atoms with van der Waals surface area (Å²) < 4.78 is 0. The lowest BCUT2D eigenvalue weighted by molar-refractivity contribution is 0.0719. The average molecular weight is 287 g/mol. The Morgan fingerprint density at radius 2 is 2.29 bits per heavy atom. The molecular weight excluding hydrogens is 266 g/mol. The van der Waals surface area contributed by atoms with Gasteiger partial charge in [0.1, 0.15) is 0 Å². The molecule has 112 valence electrons. The van der Waals surface area contributed by atoms with Gasteiger partial charge in [-0.05, 0) is 31.4 Å². The van der Waals surface area contributed by atoms with Crippen LogP contribution in [0.5, 0.6) is 0 Å². The lowest BCUT2D eigenvalue weighted by atomic mass is 10.1. The first-order chi connectivity index (χ1) is 10.1. The molecule has 1 fully saturated rings. The van der Waals surface area contributed by atoms with Gasteiger partial charge in [-0.2, -0.15) is 0 Å². The number of rotatable bonds is 3. The van der Waals surface area contributed by atoms with E-state index in [0.29, 0.717) is 26.1 Å². The Morgan fingerprint density at radius 3 is 3.05 bits per heavy atom. The summed E-state index contributed by atoms with van der Waals surface area (Å²) in [7, 11) is 0. The number of aliphatic hydroxyl groups is 1. The van der Waals surface area contributed by atoms with Crippen molar-refractivity contribution in [3.05, 3.63) is 36.0 Å². The zero-order chi connectivity index (χ0) is 14.9. The van der Waals surface area contributed by atoms with Crippen LogP contribution < -0.4 is 5.32 Å². The van der Waals surface area contributed by atoms with Gasteiger partial charge in [0.15, 0.2) is 0 Å². The second-order valence-corrected chi connectivity index (χ2v) is 6.01. The Hall–Kier alpha value is -2.01. The van der Waals surface area contributed by atoms with Gasteiger partial charge in [0.2, 0.25) is 0 Å². The second kappa shape index (κ2) is 5.41. The molecule has 1 aromatic carbocycles. The van der Waals surface area contributed by atoms with Crippen molar-refractivity contribution in [1.82, 2.24) is 15.2 Å². The summed E-state index contributed by atoms with van der Waals surface area (Å²) in [5, 5.41) is 14.0. The van der Waals surface area contributed by atoms with Crippen molar-refractivity contribution in [2.24, 2.45) is 0 Å². The standard InChI is InChI=1S/C16H21N3O2/c1-16(21)7-9-19(11-16)15(20)17-8-6-12-10-18-14-5-3-2-4-13(12)14/h2-5,10,18,21H,6-9,11H2,1H3,(H,17,20)/t16-/m0/s1. The van der Waals surface area contributed by atoms with Gasteiger partial charge < -0.3 is 20.3 Å². The highest BCUT2D eigenvalue weighted by atomic mass is 16.3. The van der Waals surface area contributed by atoms with Gasteiger partial charge in [0, 0.05) is 30.2 Å². The van der Waals surface area contributed by atoms with Crippen molar-refractivity contribution in [3.63, 3.8) is 0 Å². The third-order valence-electron chi connectivity index (χ3n) is 4.08. The number of H-pyrrole nitrogens is 1. The number of likely N-dealkylation sites (tertiary alicyclic amines) is 1. The van der Waals surface area contributed by atoms with Crippen LogP contribution in [0.1, 0.15) is 18.9 Å². The first kappa shape index (κ1) is 13.9. The molecule has 5 nitrogen and oxygen atoms in total. The van der Waals surface area contributed by atoms with Crippen LogP contribution in [0.4, 0.5) is 4.79 Å². The van der Waals surface area contributed by atoms with Crippen molar-refractivity contribution < 1.29 is 9.90 Å². The van der Waals surface area contributed by atoms with E-state index in [4.69, 9.17) is 0 Å². The minimum atomic E-state index is -0.742. The Bertz CT molecular complexity index is 648. The molecule has 0 spiro atoms. The molecule has 3 N–H and O–H groups in total. The number of hydrogen-bond acceptors (Lipinski definition) is 2. The summed E-state index contributed by atoms with van der Waals surface area (Å²) in [6.07, 6.45) is 3.43. The number of nitrogens with zero attached hydrogens (tertiary/aromatic N) is 1. The average Bonchev–Trinajstić information content (AvgIpc) is 3.03. The fourth-order valence-corrected chi connectivity index (χ4v) is 2.87. The van der Waals surface area contributed by atoms with Crippen LogP contribution in [0, 0.1) is 0 Å². The number of para-hydroxylation sites is 1. The minimum Gasteiger partial charge on any atom is -0.388 e. The summed E-state index contributed by atoms with van der Waals surface area (Å²) in [6.45, 7) is 3.39. The summed E-state index contributed by atoms with van der Waals surface area (Å²) in [5.74, 6) is 0. The van der Waals surface area contributed by atoms with Crippen LogP contribution in [0.25, 0.3) is 10.9 Å².